The molecule has 0 fully saturated rings. The maximum Gasteiger partial charge on any atom is 0.226 e. The first-order valence-electron chi connectivity index (χ1n) is 10.1. The molecular weight excluding hydrogens is 398 g/mol. The quantitative estimate of drug-likeness (QED) is 0.471. The Morgan fingerprint density at radius 2 is 1.71 bits per heavy atom. The highest BCUT2D eigenvalue weighted by molar-refractivity contribution is 5.96. The van der Waals surface area contributed by atoms with Gasteiger partial charge in [0.25, 0.3) is 0 Å². The summed E-state index contributed by atoms with van der Waals surface area (Å²) >= 11 is 0. The van der Waals surface area contributed by atoms with Crippen LogP contribution in [0, 0.1) is 18.6 Å². The van der Waals surface area contributed by atoms with Crippen LogP contribution in [0.4, 0.5) is 14.5 Å². The van der Waals surface area contributed by atoms with Gasteiger partial charge in [-0.05, 0) is 42.7 Å². The van der Waals surface area contributed by atoms with Gasteiger partial charge in [0, 0.05) is 42.9 Å². The van der Waals surface area contributed by atoms with E-state index in [4.69, 9.17) is 0 Å². The smallest absolute Gasteiger partial charge is 0.226 e. The zero-order valence-corrected chi connectivity index (χ0v) is 17.8. The van der Waals surface area contributed by atoms with Crippen LogP contribution in [-0.4, -0.2) is 23.7 Å². The summed E-state index contributed by atoms with van der Waals surface area (Å²) in [5, 5.41) is 0. The fourth-order valence-corrected chi connectivity index (χ4v) is 3.40. The molecule has 0 aliphatic heterocycles. The monoisotopic (exact) mass is 422 g/mol. The number of halogens is 2. The minimum absolute atomic E-state index is 0.0310. The molecule has 0 saturated heterocycles. The molecule has 160 valence electrons. The Balaban J connectivity index is 1.76. The number of hydrogen-bond acceptors (Lipinski definition) is 3. The highest BCUT2D eigenvalue weighted by Gasteiger charge is 2.20. The molecule has 4 nitrogen and oxygen atoms in total. The molecule has 6 heteroatoms. The second-order valence-corrected chi connectivity index (χ2v) is 7.31. The molecule has 0 radical (unpaired) electrons. The number of pyridine rings is 1. The molecule has 1 heterocycles. The zero-order chi connectivity index (χ0) is 22.5. The van der Waals surface area contributed by atoms with E-state index >= 15 is 0 Å². The highest BCUT2D eigenvalue weighted by atomic mass is 19.2. The number of Topliss-reactive ketones (excluding diaryl/α,β-unsaturated/α-hetero) is 1. The molecule has 0 spiro atoms. The van der Waals surface area contributed by atoms with Crippen molar-refractivity contribution in [2.75, 3.05) is 11.9 Å². The van der Waals surface area contributed by atoms with Crippen molar-refractivity contribution < 1.29 is 18.4 Å². The average Bonchev–Trinajstić information content (AvgIpc) is 2.79. The molecule has 3 rings (SSSR count). The number of carbonyl (C=O) groups excluding carboxylic acids is 2. The molecule has 0 atom stereocenters. The summed E-state index contributed by atoms with van der Waals surface area (Å²) < 4.78 is 29.3. The Labute approximate surface area is 180 Å². The fourth-order valence-electron chi connectivity index (χ4n) is 3.40. The number of benzene rings is 2. The SMILES string of the molecule is CCC(=O)N(C)c1ccc(-c2ccc(C(=O)CCc3cccnc3C)cc2)c(F)c1F. The van der Waals surface area contributed by atoms with Crippen molar-refractivity contribution in [3.63, 3.8) is 0 Å². The summed E-state index contributed by atoms with van der Waals surface area (Å²) in [6.07, 6.45) is 2.83. The van der Waals surface area contributed by atoms with Crippen molar-refractivity contribution in [1.29, 1.82) is 0 Å². The summed E-state index contributed by atoms with van der Waals surface area (Å²) in [7, 11) is 1.41. The number of rotatable bonds is 7. The standard InChI is InChI=1S/C25H24F2N2O2/c1-4-23(31)29(3)21-13-12-20(24(26)25(21)27)18-7-9-19(10-8-18)22(30)14-11-17-6-5-15-28-16(17)2/h5-10,12-13,15H,4,11,14H2,1-3H3. The summed E-state index contributed by atoms with van der Waals surface area (Å²) in [6.45, 7) is 3.56. The van der Waals surface area contributed by atoms with E-state index in [1.807, 2.05) is 19.1 Å². The van der Waals surface area contributed by atoms with Crippen LogP contribution in [0.15, 0.2) is 54.7 Å². The number of carbonyl (C=O) groups is 2. The van der Waals surface area contributed by atoms with Crippen LogP contribution in [0.25, 0.3) is 11.1 Å². The van der Waals surface area contributed by atoms with Gasteiger partial charge in [-0.25, -0.2) is 8.78 Å². The van der Waals surface area contributed by atoms with Crippen LogP contribution in [0.1, 0.15) is 41.4 Å². The molecule has 1 amide bonds. The minimum atomic E-state index is -1.08. The lowest BCUT2D eigenvalue weighted by Crippen LogP contribution is -2.26. The number of hydrogen-bond donors (Lipinski definition) is 0. The van der Waals surface area contributed by atoms with Gasteiger partial charge < -0.3 is 4.90 Å². The summed E-state index contributed by atoms with van der Waals surface area (Å²) in [4.78, 5) is 29.6. The summed E-state index contributed by atoms with van der Waals surface area (Å²) in [5.74, 6) is -2.44. The molecule has 0 aliphatic carbocycles. The topological polar surface area (TPSA) is 50.3 Å². The summed E-state index contributed by atoms with van der Waals surface area (Å²) in [6, 6.07) is 13.0. The number of aryl methyl sites for hydroxylation is 2. The maximum atomic E-state index is 14.7. The van der Waals surface area contributed by atoms with Gasteiger partial charge in [0.2, 0.25) is 5.91 Å². The second kappa shape index (κ2) is 9.60. The van der Waals surface area contributed by atoms with Gasteiger partial charge in [-0.2, -0.15) is 0 Å². The molecule has 3 aromatic rings. The van der Waals surface area contributed by atoms with E-state index in [9.17, 15) is 18.4 Å². The van der Waals surface area contributed by atoms with E-state index in [0.717, 1.165) is 16.2 Å². The van der Waals surface area contributed by atoms with Gasteiger partial charge in [-0.1, -0.05) is 37.3 Å². The van der Waals surface area contributed by atoms with E-state index in [1.54, 1.807) is 37.4 Å². The molecule has 2 aromatic carbocycles. The van der Waals surface area contributed by atoms with Gasteiger partial charge in [-0.3, -0.25) is 14.6 Å². The molecule has 0 unspecified atom stereocenters. The molecule has 0 bridgehead atoms. The van der Waals surface area contributed by atoms with E-state index < -0.39 is 11.6 Å². The lowest BCUT2D eigenvalue weighted by Gasteiger charge is -2.18. The molecule has 0 aliphatic rings. The first-order chi connectivity index (χ1) is 14.8. The molecule has 1 aromatic heterocycles. The van der Waals surface area contributed by atoms with Gasteiger partial charge >= 0.3 is 0 Å². The highest BCUT2D eigenvalue weighted by Crippen LogP contribution is 2.30. The largest absolute Gasteiger partial charge is 0.313 e. The van der Waals surface area contributed by atoms with Crippen molar-refractivity contribution in [1.82, 2.24) is 4.98 Å². The lowest BCUT2D eigenvalue weighted by molar-refractivity contribution is -0.118. The third-order valence-electron chi connectivity index (χ3n) is 5.36. The third-order valence-corrected chi connectivity index (χ3v) is 5.36. The molecule has 31 heavy (non-hydrogen) atoms. The third kappa shape index (κ3) is 4.85. The Morgan fingerprint density at radius 1 is 1.00 bits per heavy atom. The molecular formula is C25H24F2N2O2. The van der Waals surface area contributed by atoms with Crippen molar-refractivity contribution in [3.05, 3.63) is 83.2 Å². The molecule has 0 N–H and O–H groups in total. The van der Waals surface area contributed by atoms with Crippen LogP contribution in [0.2, 0.25) is 0 Å². The van der Waals surface area contributed by atoms with E-state index in [-0.39, 0.29) is 29.4 Å². The van der Waals surface area contributed by atoms with Crippen LogP contribution >= 0.6 is 0 Å². The number of nitrogens with zero attached hydrogens (tertiary/aromatic N) is 2. The number of ketones is 1. The van der Waals surface area contributed by atoms with E-state index in [2.05, 4.69) is 4.98 Å². The van der Waals surface area contributed by atoms with Gasteiger partial charge in [0.05, 0.1) is 5.69 Å². The van der Waals surface area contributed by atoms with Gasteiger partial charge in [-0.15, -0.1) is 0 Å². The molecule has 0 saturated carbocycles. The lowest BCUT2D eigenvalue weighted by atomic mass is 9.98. The van der Waals surface area contributed by atoms with Crippen molar-refractivity contribution >= 4 is 17.4 Å². The average molecular weight is 422 g/mol. The van der Waals surface area contributed by atoms with Crippen molar-refractivity contribution in [2.24, 2.45) is 0 Å². The second-order valence-electron chi connectivity index (χ2n) is 7.31. The van der Waals surface area contributed by atoms with E-state index in [1.165, 1.54) is 19.2 Å². The van der Waals surface area contributed by atoms with Crippen LogP contribution in [0.3, 0.4) is 0 Å². The summed E-state index contributed by atoms with van der Waals surface area (Å²) in [5.41, 5.74) is 2.85. The first kappa shape index (κ1) is 22.3. The normalized spacial score (nSPS) is 10.7. The Morgan fingerprint density at radius 3 is 2.35 bits per heavy atom. The maximum absolute atomic E-state index is 14.7. The Hall–Kier alpha value is -3.41. The van der Waals surface area contributed by atoms with Crippen molar-refractivity contribution in [3.8, 4) is 11.1 Å². The fraction of sp³-hybridized carbons (Fsp3) is 0.240. The van der Waals surface area contributed by atoms with Gasteiger partial charge in [0.1, 0.15) is 0 Å². The van der Waals surface area contributed by atoms with Crippen molar-refractivity contribution in [2.45, 2.75) is 33.1 Å². The Kier molecular flexibility index (Phi) is 6.90. The minimum Gasteiger partial charge on any atom is -0.313 e. The predicted molar refractivity (Wildman–Crippen MR) is 117 cm³/mol. The van der Waals surface area contributed by atoms with E-state index in [0.29, 0.717) is 24.0 Å². The number of aromatic nitrogens is 1. The number of amides is 1. The van der Waals surface area contributed by atoms with Gasteiger partial charge in [0.15, 0.2) is 17.4 Å². The number of anilines is 1. The predicted octanol–water partition coefficient (Wildman–Crippen LogP) is 5.52. The van der Waals surface area contributed by atoms with Crippen LogP contribution < -0.4 is 4.90 Å². The van der Waals surface area contributed by atoms with Crippen LogP contribution in [-0.2, 0) is 11.2 Å². The zero-order valence-electron chi connectivity index (χ0n) is 17.8. The first-order valence-corrected chi connectivity index (χ1v) is 10.1. The van der Waals surface area contributed by atoms with Crippen LogP contribution in [0.5, 0.6) is 0 Å². The Bertz CT molecular complexity index is 1110.